The molecule has 0 fully saturated rings. The molecule has 21 heavy (non-hydrogen) atoms. The summed E-state index contributed by atoms with van der Waals surface area (Å²) < 4.78 is 10.3. The first-order valence-corrected chi connectivity index (χ1v) is 7.21. The van der Waals surface area contributed by atoms with E-state index in [0.717, 1.165) is 10.4 Å². The molecule has 0 spiro atoms. The lowest BCUT2D eigenvalue weighted by Gasteiger charge is -2.03. The van der Waals surface area contributed by atoms with Gasteiger partial charge >= 0.3 is 5.97 Å². The molecule has 0 aliphatic carbocycles. The number of thiophene rings is 1. The summed E-state index contributed by atoms with van der Waals surface area (Å²) >= 11 is 1.26. The molecule has 5 nitrogen and oxygen atoms in total. The molecule has 6 heteroatoms. The summed E-state index contributed by atoms with van der Waals surface area (Å²) in [6.07, 6.45) is 0. The summed E-state index contributed by atoms with van der Waals surface area (Å²) in [6.45, 7) is 1.82. The van der Waals surface area contributed by atoms with Crippen LogP contribution in [0, 0.1) is 0 Å². The number of nitrogens with two attached hydrogens (primary N) is 1. The van der Waals surface area contributed by atoms with Crippen molar-refractivity contribution in [3.8, 4) is 16.2 Å². The summed E-state index contributed by atoms with van der Waals surface area (Å²) in [7, 11) is 0. The molecule has 1 amide bonds. The third kappa shape index (κ3) is 3.82. The molecule has 0 atom stereocenters. The maximum Gasteiger partial charge on any atom is 0.352 e. The van der Waals surface area contributed by atoms with Gasteiger partial charge in [0.15, 0.2) is 11.5 Å². The largest absolute Gasteiger partial charge is 0.492 e. The molecule has 0 aliphatic heterocycles. The van der Waals surface area contributed by atoms with Crippen molar-refractivity contribution in [1.29, 1.82) is 0 Å². The lowest BCUT2D eigenvalue weighted by Crippen LogP contribution is -2.20. The van der Waals surface area contributed by atoms with Crippen LogP contribution in [-0.2, 0) is 9.53 Å². The standard InChI is InChI=1S/C15H15NO4S/c1-2-19-11-8-12(10-6-4-3-5-7-10)21-14(11)15(18)20-9-13(16)17/h3-8H,2,9H2,1H3,(H2,16,17). The lowest BCUT2D eigenvalue weighted by atomic mass is 10.2. The Bertz CT molecular complexity index is 636. The summed E-state index contributed by atoms with van der Waals surface area (Å²) in [4.78, 5) is 23.9. The quantitative estimate of drug-likeness (QED) is 0.831. The molecule has 2 N–H and O–H groups in total. The highest BCUT2D eigenvalue weighted by molar-refractivity contribution is 7.17. The molecule has 0 saturated heterocycles. The van der Waals surface area contributed by atoms with Crippen LogP contribution in [0.1, 0.15) is 16.6 Å². The summed E-state index contributed by atoms with van der Waals surface area (Å²) in [5.41, 5.74) is 5.95. The molecule has 110 valence electrons. The number of amides is 1. The van der Waals surface area contributed by atoms with Crippen LogP contribution < -0.4 is 10.5 Å². The summed E-state index contributed by atoms with van der Waals surface area (Å²) in [5, 5.41) is 0. The SMILES string of the molecule is CCOc1cc(-c2ccccc2)sc1C(=O)OCC(N)=O. The smallest absolute Gasteiger partial charge is 0.352 e. The van der Waals surface area contributed by atoms with E-state index in [0.29, 0.717) is 17.2 Å². The fourth-order valence-corrected chi connectivity index (χ4v) is 2.73. The van der Waals surface area contributed by atoms with Gasteiger partial charge in [-0.3, -0.25) is 4.79 Å². The van der Waals surface area contributed by atoms with Crippen molar-refractivity contribution >= 4 is 23.2 Å². The number of hydrogen-bond acceptors (Lipinski definition) is 5. The van der Waals surface area contributed by atoms with E-state index in [2.05, 4.69) is 0 Å². The zero-order valence-corrected chi connectivity index (χ0v) is 12.3. The molecule has 0 unspecified atom stereocenters. The van der Waals surface area contributed by atoms with Gasteiger partial charge in [-0.2, -0.15) is 0 Å². The van der Waals surface area contributed by atoms with Crippen LogP contribution >= 0.6 is 11.3 Å². The first kappa shape index (κ1) is 15.1. The van der Waals surface area contributed by atoms with E-state index in [1.54, 1.807) is 6.07 Å². The Morgan fingerprint density at radius 1 is 1.24 bits per heavy atom. The molecule has 1 aromatic heterocycles. The zero-order chi connectivity index (χ0) is 15.2. The molecule has 2 aromatic rings. The Hall–Kier alpha value is -2.34. The molecule has 1 aromatic carbocycles. The highest BCUT2D eigenvalue weighted by Gasteiger charge is 2.20. The minimum atomic E-state index is -0.693. The van der Waals surface area contributed by atoms with Gasteiger partial charge in [-0.05, 0) is 18.6 Å². The van der Waals surface area contributed by atoms with Crippen molar-refractivity contribution in [3.05, 3.63) is 41.3 Å². The zero-order valence-electron chi connectivity index (χ0n) is 11.5. The van der Waals surface area contributed by atoms with Crippen LogP contribution in [0.2, 0.25) is 0 Å². The van der Waals surface area contributed by atoms with Gasteiger partial charge in [0.25, 0.3) is 5.91 Å². The average Bonchev–Trinajstić information content (AvgIpc) is 2.90. The van der Waals surface area contributed by atoms with Gasteiger partial charge in [0.1, 0.15) is 5.75 Å². The minimum Gasteiger partial charge on any atom is -0.492 e. The maximum absolute atomic E-state index is 12.0. The summed E-state index contributed by atoms with van der Waals surface area (Å²) in [5.74, 6) is -0.846. The molecule has 2 rings (SSSR count). The van der Waals surface area contributed by atoms with E-state index in [1.165, 1.54) is 11.3 Å². The predicted octanol–water partition coefficient (Wildman–Crippen LogP) is 2.46. The number of carbonyl (C=O) groups is 2. The number of benzene rings is 1. The van der Waals surface area contributed by atoms with E-state index in [1.807, 2.05) is 37.3 Å². The highest BCUT2D eigenvalue weighted by Crippen LogP contribution is 2.36. The second-order valence-corrected chi connectivity index (χ2v) is 5.20. The third-order valence-electron chi connectivity index (χ3n) is 2.59. The Morgan fingerprint density at radius 3 is 2.57 bits per heavy atom. The van der Waals surface area contributed by atoms with Crippen molar-refractivity contribution in [3.63, 3.8) is 0 Å². The van der Waals surface area contributed by atoms with Crippen LogP contribution in [0.3, 0.4) is 0 Å². The van der Waals surface area contributed by atoms with Crippen LogP contribution in [-0.4, -0.2) is 25.1 Å². The van der Waals surface area contributed by atoms with Gasteiger partial charge in [0.05, 0.1) is 6.61 Å². The lowest BCUT2D eigenvalue weighted by molar-refractivity contribution is -0.121. The third-order valence-corrected chi connectivity index (χ3v) is 3.73. The number of carbonyl (C=O) groups excluding carboxylic acids is 2. The van der Waals surface area contributed by atoms with Crippen molar-refractivity contribution < 1.29 is 19.1 Å². The van der Waals surface area contributed by atoms with Gasteiger partial charge in [0.2, 0.25) is 0 Å². The topological polar surface area (TPSA) is 78.6 Å². The normalized spacial score (nSPS) is 10.1. The Balaban J connectivity index is 2.29. The molecular weight excluding hydrogens is 290 g/mol. The Labute approximate surface area is 126 Å². The Morgan fingerprint density at radius 2 is 1.95 bits per heavy atom. The van der Waals surface area contributed by atoms with Crippen molar-refractivity contribution in [2.24, 2.45) is 5.73 Å². The second kappa shape index (κ2) is 6.90. The average molecular weight is 305 g/mol. The fraction of sp³-hybridized carbons (Fsp3) is 0.200. The van der Waals surface area contributed by atoms with E-state index in [4.69, 9.17) is 15.2 Å². The molecule has 0 bridgehead atoms. The van der Waals surface area contributed by atoms with Gasteiger partial charge in [-0.15, -0.1) is 11.3 Å². The predicted molar refractivity (Wildman–Crippen MR) is 80.4 cm³/mol. The van der Waals surface area contributed by atoms with Crippen LogP contribution in [0.5, 0.6) is 5.75 Å². The van der Waals surface area contributed by atoms with Gasteiger partial charge < -0.3 is 15.2 Å². The molecule has 0 radical (unpaired) electrons. The first-order chi connectivity index (χ1) is 10.1. The number of esters is 1. The van der Waals surface area contributed by atoms with Crippen LogP contribution in [0.4, 0.5) is 0 Å². The Kier molecular flexibility index (Phi) is 4.94. The van der Waals surface area contributed by atoms with Crippen LogP contribution in [0.15, 0.2) is 36.4 Å². The monoisotopic (exact) mass is 305 g/mol. The number of primary amides is 1. The van der Waals surface area contributed by atoms with E-state index in [9.17, 15) is 9.59 Å². The van der Waals surface area contributed by atoms with E-state index in [-0.39, 0.29) is 0 Å². The van der Waals surface area contributed by atoms with Crippen molar-refractivity contribution in [2.45, 2.75) is 6.92 Å². The molecule has 0 saturated carbocycles. The van der Waals surface area contributed by atoms with E-state index >= 15 is 0 Å². The minimum absolute atomic E-state index is 0.331. The maximum atomic E-state index is 12.0. The number of rotatable bonds is 6. The first-order valence-electron chi connectivity index (χ1n) is 6.39. The van der Waals surface area contributed by atoms with Crippen molar-refractivity contribution in [2.75, 3.05) is 13.2 Å². The molecule has 1 heterocycles. The second-order valence-electron chi connectivity index (χ2n) is 4.15. The summed E-state index contributed by atoms with van der Waals surface area (Å²) in [6, 6.07) is 11.4. The van der Waals surface area contributed by atoms with E-state index < -0.39 is 18.5 Å². The molecule has 0 aliphatic rings. The number of ether oxygens (including phenoxy) is 2. The highest BCUT2D eigenvalue weighted by atomic mass is 32.1. The van der Waals surface area contributed by atoms with Crippen molar-refractivity contribution in [1.82, 2.24) is 0 Å². The van der Waals surface area contributed by atoms with Gasteiger partial charge in [-0.1, -0.05) is 30.3 Å². The van der Waals surface area contributed by atoms with Crippen LogP contribution in [0.25, 0.3) is 10.4 Å². The molecular formula is C15H15NO4S. The van der Waals surface area contributed by atoms with Gasteiger partial charge in [-0.25, -0.2) is 4.79 Å². The van der Waals surface area contributed by atoms with Gasteiger partial charge in [0, 0.05) is 4.88 Å². The number of hydrogen-bond donors (Lipinski definition) is 1. The fourth-order valence-electron chi connectivity index (χ4n) is 1.73.